The lowest BCUT2D eigenvalue weighted by atomic mass is 9.87. The first-order chi connectivity index (χ1) is 9.81. The predicted octanol–water partition coefficient (Wildman–Crippen LogP) is 3.33. The molecule has 1 aliphatic heterocycles. The summed E-state index contributed by atoms with van der Waals surface area (Å²) in [6.45, 7) is 1.45. The number of hydrogen-bond donors (Lipinski definition) is 0. The molecule has 1 saturated carbocycles. The van der Waals surface area contributed by atoms with Crippen LogP contribution in [0.5, 0.6) is 5.75 Å². The second kappa shape index (κ2) is 6.17. The Balaban J connectivity index is 1.82. The highest BCUT2D eigenvalue weighted by Crippen LogP contribution is 2.36. The fraction of sp³-hybridized carbons (Fsp3) is 0.562. The highest BCUT2D eigenvalue weighted by molar-refractivity contribution is 9.09. The van der Waals surface area contributed by atoms with Crippen molar-refractivity contribution in [1.29, 1.82) is 0 Å². The van der Waals surface area contributed by atoms with Crippen LogP contribution in [0.2, 0.25) is 0 Å². The fourth-order valence-electron chi connectivity index (χ4n) is 3.06. The maximum absolute atomic E-state index is 12.9. The minimum absolute atomic E-state index is 0.0281. The average Bonchev–Trinajstić information content (AvgIpc) is 2.43. The Kier molecular flexibility index (Phi) is 4.29. The molecule has 0 saturated heterocycles. The van der Waals surface area contributed by atoms with Crippen LogP contribution in [0.3, 0.4) is 0 Å². The van der Waals surface area contributed by atoms with E-state index in [1.165, 1.54) is 6.42 Å². The van der Waals surface area contributed by atoms with E-state index in [0.717, 1.165) is 42.5 Å². The molecule has 0 bridgehead atoms. The number of carbonyl (C=O) groups excluding carboxylic acids is 1. The topological polar surface area (TPSA) is 29.5 Å². The summed E-state index contributed by atoms with van der Waals surface area (Å²) in [4.78, 5) is 15.0. The van der Waals surface area contributed by atoms with Crippen LogP contribution < -0.4 is 4.74 Å². The molecule has 1 fully saturated rings. The number of nitrogens with zero attached hydrogens (tertiary/aromatic N) is 1. The lowest BCUT2D eigenvalue weighted by molar-refractivity contribution is -0.137. The Bertz CT molecular complexity index is 487. The van der Waals surface area contributed by atoms with E-state index in [-0.39, 0.29) is 11.8 Å². The molecule has 0 spiro atoms. The summed E-state index contributed by atoms with van der Waals surface area (Å²) in [5.41, 5.74) is 1.06. The molecule has 2 aliphatic rings. The van der Waals surface area contributed by atoms with Gasteiger partial charge in [0.15, 0.2) is 0 Å². The number of rotatable bonds is 4. The van der Waals surface area contributed by atoms with Crippen LogP contribution in [0.25, 0.3) is 0 Å². The number of alkyl halides is 1. The Morgan fingerprint density at radius 2 is 2.10 bits per heavy atom. The summed E-state index contributed by atoms with van der Waals surface area (Å²) in [5.74, 6) is 1.13. The van der Waals surface area contributed by atoms with E-state index >= 15 is 0 Å². The molecule has 1 unspecified atom stereocenters. The van der Waals surface area contributed by atoms with E-state index in [4.69, 9.17) is 4.74 Å². The Labute approximate surface area is 128 Å². The van der Waals surface area contributed by atoms with E-state index in [1.807, 2.05) is 24.3 Å². The molecular weight excluding hydrogens is 318 g/mol. The number of ether oxygens (including phenoxy) is 1. The van der Waals surface area contributed by atoms with Crippen molar-refractivity contribution >= 4 is 21.8 Å². The van der Waals surface area contributed by atoms with Crippen LogP contribution in [0.4, 0.5) is 0 Å². The molecular formula is C16H20BrNO2. The highest BCUT2D eigenvalue weighted by atomic mass is 79.9. The number of benzene rings is 1. The van der Waals surface area contributed by atoms with Crippen molar-refractivity contribution in [3.8, 4) is 5.75 Å². The molecule has 1 atom stereocenters. The number of amides is 1. The molecule has 3 nitrogen and oxygen atoms in total. The van der Waals surface area contributed by atoms with Gasteiger partial charge in [-0.1, -0.05) is 34.1 Å². The first kappa shape index (κ1) is 13.9. The third kappa shape index (κ3) is 2.58. The SMILES string of the molecule is O=C(C1CCOc2ccccc21)N(CCBr)C1CCC1. The smallest absolute Gasteiger partial charge is 0.230 e. The molecule has 4 heteroatoms. The van der Waals surface area contributed by atoms with Crippen LogP contribution in [0, 0.1) is 0 Å². The number of hydrogen-bond acceptors (Lipinski definition) is 2. The molecule has 20 heavy (non-hydrogen) atoms. The standard InChI is InChI=1S/C16H20BrNO2/c17-9-10-18(12-4-3-5-12)16(19)14-8-11-20-15-7-2-1-6-13(14)15/h1-2,6-7,12,14H,3-5,8-11H2. The molecule has 0 radical (unpaired) electrons. The first-order valence-corrected chi connectivity index (χ1v) is 8.51. The second-order valence-corrected chi connectivity index (χ2v) is 6.33. The first-order valence-electron chi connectivity index (χ1n) is 7.39. The number of fused-ring (bicyclic) bond motifs is 1. The van der Waals surface area contributed by atoms with Gasteiger partial charge in [-0.25, -0.2) is 0 Å². The van der Waals surface area contributed by atoms with Crippen molar-refractivity contribution in [3.05, 3.63) is 29.8 Å². The molecule has 1 aliphatic carbocycles. The quantitative estimate of drug-likeness (QED) is 0.788. The molecule has 0 aromatic heterocycles. The number of halogens is 1. The van der Waals surface area contributed by atoms with E-state index < -0.39 is 0 Å². The summed E-state index contributed by atoms with van der Waals surface area (Å²) in [6, 6.07) is 8.41. The van der Waals surface area contributed by atoms with Gasteiger partial charge in [-0.3, -0.25) is 4.79 Å². The van der Waals surface area contributed by atoms with Crippen molar-refractivity contribution in [1.82, 2.24) is 4.90 Å². The van der Waals surface area contributed by atoms with Crippen LogP contribution >= 0.6 is 15.9 Å². The van der Waals surface area contributed by atoms with Gasteiger partial charge in [0.05, 0.1) is 12.5 Å². The maximum Gasteiger partial charge on any atom is 0.230 e. The minimum atomic E-state index is -0.0281. The second-order valence-electron chi connectivity index (χ2n) is 5.53. The highest BCUT2D eigenvalue weighted by Gasteiger charge is 2.35. The summed E-state index contributed by atoms with van der Waals surface area (Å²) in [7, 11) is 0. The molecule has 0 N–H and O–H groups in total. The van der Waals surface area contributed by atoms with Gasteiger partial charge in [-0.05, 0) is 31.7 Å². The zero-order valence-corrected chi connectivity index (χ0v) is 13.1. The molecule has 1 aromatic carbocycles. The van der Waals surface area contributed by atoms with Crippen molar-refractivity contribution in [2.24, 2.45) is 0 Å². The van der Waals surface area contributed by atoms with E-state index in [0.29, 0.717) is 12.6 Å². The van der Waals surface area contributed by atoms with Gasteiger partial charge >= 0.3 is 0 Å². The van der Waals surface area contributed by atoms with Gasteiger partial charge in [-0.2, -0.15) is 0 Å². The molecule has 1 heterocycles. The van der Waals surface area contributed by atoms with Gasteiger partial charge in [-0.15, -0.1) is 0 Å². The Morgan fingerprint density at radius 1 is 1.30 bits per heavy atom. The lowest BCUT2D eigenvalue weighted by Crippen LogP contribution is -2.47. The van der Waals surface area contributed by atoms with E-state index in [2.05, 4.69) is 20.8 Å². The van der Waals surface area contributed by atoms with Gasteiger partial charge in [0.2, 0.25) is 5.91 Å². The van der Waals surface area contributed by atoms with Gasteiger partial charge in [0, 0.05) is 23.5 Å². The van der Waals surface area contributed by atoms with Crippen LogP contribution in [0.1, 0.15) is 37.2 Å². The maximum atomic E-state index is 12.9. The third-order valence-corrected chi connectivity index (χ3v) is 4.74. The fourth-order valence-corrected chi connectivity index (χ4v) is 3.44. The summed E-state index contributed by atoms with van der Waals surface area (Å²) in [5, 5.41) is 0.847. The Morgan fingerprint density at radius 3 is 2.80 bits per heavy atom. The largest absolute Gasteiger partial charge is 0.493 e. The summed E-state index contributed by atoms with van der Waals surface area (Å²) in [6.07, 6.45) is 4.36. The van der Waals surface area contributed by atoms with Gasteiger partial charge in [0.25, 0.3) is 0 Å². The zero-order valence-electron chi connectivity index (χ0n) is 11.6. The van der Waals surface area contributed by atoms with E-state index in [9.17, 15) is 4.79 Å². The Hall–Kier alpha value is -1.03. The van der Waals surface area contributed by atoms with Crippen molar-refractivity contribution in [2.75, 3.05) is 18.5 Å². The molecule has 3 rings (SSSR count). The molecule has 108 valence electrons. The monoisotopic (exact) mass is 337 g/mol. The van der Waals surface area contributed by atoms with Crippen molar-refractivity contribution in [2.45, 2.75) is 37.6 Å². The van der Waals surface area contributed by atoms with Crippen molar-refractivity contribution < 1.29 is 9.53 Å². The van der Waals surface area contributed by atoms with E-state index in [1.54, 1.807) is 0 Å². The summed E-state index contributed by atoms with van der Waals surface area (Å²) < 4.78 is 5.66. The molecule has 1 amide bonds. The lowest BCUT2D eigenvalue weighted by Gasteiger charge is -2.40. The molecule has 1 aromatic rings. The van der Waals surface area contributed by atoms with Gasteiger partial charge < -0.3 is 9.64 Å². The average molecular weight is 338 g/mol. The number of para-hydroxylation sites is 1. The summed E-state index contributed by atoms with van der Waals surface area (Å²) >= 11 is 3.48. The van der Waals surface area contributed by atoms with Crippen LogP contribution in [0.15, 0.2) is 24.3 Å². The van der Waals surface area contributed by atoms with Crippen LogP contribution in [-0.4, -0.2) is 35.3 Å². The normalized spacial score (nSPS) is 21.6. The minimum Gasteiger partial charge on any atom is -0.493 e. The van der Waals surface area contributed by atoms with Gasteiger partial charge in [0.1, 0.15) is 5.75 Å². The van der Waals surface area contributed by atoms with Crippen LogP contribution in [-0.2, 0) is 4.79 Å². The predicted molar refractivity (Wildman–Crippen MR) is 82.4 cm³/mol. The third-order valence-electron chi connectivity index (χ3n) is 4.38. The van der Waals surface area contributed by atoms with Crippen molar-refractivity contribution in [3.63, 3.8) is 0 Å². The zero-order chi connectivity index (χ0) is 13.9. The number of carbonyl (C=O) groups is 1.